The highest BCUT2D eigenvalue weighted by Crippen LogP contribution is 2.48. The third kappa shape index (κ3) is 1.57. The van der Waals surface area contributed by atoms with Gasteiger partial charge in [0.1, 0.15) is 0 Å². The van der Waals surface area contributed by atoms with E-state index in [4.69, 9.17) is 5.73 Å². The monoisotopic (exact) mass is 163 g/mol. The van der Waals surface area contributed by atoms with Gasteiger partial charge in [0.15, 0.2) is 0 Å². The van der Waals surface area contributed by atoms with Crippen molar-refractivity contribution in [2.45, 2.75) is 19.1 Å². The van der Waals surface area contributed by atoms with Gasteiger partial charge in [-0.15, -0.1) is 0 Å². The maximum absolute atomic E-state index is 5.58. The van der Waals surface area contributed by atoms with Gasteiger partial charge in [0.25, 0.3) is 0 Å². The van der Waals surface area contributed by atoms with Crippen molar-refractivity contribution >= 4 is 21.6 Å². The Hall–Kier alpha value is 0.660. The molecule has 1 nitrogen and oxygen atoms in total. The van der Waals surface area contributed by atoms with Crippen LogP contribution in [0.2, 0.25) is 0 Å². The maximum atomic E-state index is 5.58. The van der Waals surface area contributed by atoms with E-state index >= 15 is 0 Å². The average Bonchev–Trinajstić information content (AvgIpc) is 2.08. The lowest BCUT2D eigenvalue weighted by molar-refractivity contribution is 0.415. The Labute approximate surface area is 64.5 Å². The van der Waals surface area contributed by atoms with Gasteiger partial charge < -0.3 is 5.73 Å². The Morgan fingerprint density at radius 3 is 2.56 bits per heavy atom. The van der Waals surface area contributed by atoms with E-state index in [1.165, 1.54) is 5.75 Å². The topological polar surface area (TPSA) is 26.0 Å². The van der Waals surface area contributed by atoms with E-state index in [-0.39, 0.29) is 0 Å². The van der Waals surface area contributed by atoms with Crippen LogP contribution >= 0.6 is 21.6 Å². The number of nitrogens with two attached hydrogens (primary N) is 1. The quantitative estimate of drug-likeness (QED) is 0.596. The second-order valence-electron chi connectivity index (χ2n) is 3.07. The lowest BCUT2D eigenvalue weighted by Crippen LogP contribution is -2.30. The average molecular weight is 163 g/mol. The van der Waals surface area contributed by atoms with E-state index < -0.39 is 0 Å². The van der Waals surface area contributed by atoms with Gasteiger partial charge in [0.05, 0.1) is 0 Å². The third-order valence-electron chi connectivity index (χ3n) is 1.70. The van der Waals surface area contributed by atoms with E-state index in [9.17, 15) is 0 Å². The summed E-state index contributed by atoms with van der Waals surface area (Å²) in [5, 5.41) is 0.669. The van der Waals surface area contributed by atoms with Gasteiger partial charge in [0.2, 0.25) is 0 Å². The van der Waals surface area contributed by atoms with Gasteiger partial charge in [-0.3, -0.25) is 0 Å². The molecule has 2 N–H and O–H groups in total. The third-order valence-corrected chi connectivity index (χ3v) is 5.22. The van der Waals surface area contributed by atoms with Crippen LogP contribution in [0.15, 0.2) is 0 Å². The van der Waals surface area contributed by atoms with Crippen LogP contribution in [0.3, 0.4) is 0 Å². The second-order valence-corrected chi connectivity index (χ2v) is 5.64. The Bertz CT molecular complexity index is 103. The molecule has 0 aromatic heterocycles. The first kappa shape index (κ1) is 7.76. The van der Waals surface area contributed by atoms with Gasteiger partial charge in [-0.25, -0.2) is 0 Å². The zero-order valence-corrected chi connectivity index (χ0v) is 7.52. The molecule has 0 aromatic carbocycles. The lowest BCUT2D eigenvalue weighted by Gasteiger charge is -2.22. The molecule has 0 radical (unpaired) electrons. The fraction of sp³-hybridized carbons (Fsp3) is 1.00. The molecule has 9 heavy (non-hydrogen) atoms. The molecule has 1 heterocycles. The maximum Gasteiger partial charge on any atom is 0.0333 e. The molecule has 1 atom stereocenters. The molecule has 0 saturated carbocycles. The Kier molecular flexibility index (Phi) is 2.35. The number of hydrogen-bond acceptors (Lipinski definition) is 3. The standard InChI is InChI=1S/C6H13NS2/c1-6(2)4-8-9-5(6)3-7/h5H,3-4,7H2,1-2H3. The normalized spacial score (nSPS) is 33.0. The summed E-state index contributed by atoms with van der Waals surface area (Å²) >= 11 is 0. The summed E-state index contributed by atoms with van der Waals surface area (Å²) < 4.78 is 0. The Morgan fingerprint density at radius 2 is 2.33 bits per heavy atom. The van der Waals surface area contributed by atoms with Crippen molar-refractivity contribution in [3.8, 4) is 0 Å². The number of hydrogen-bond donors (Lipinski definition) is 1. The highest BCUT2D eigenvalue weighted by molar-refractivity contribution is 8.77. The molecule has 0 bridgehead atoms. The van der Waals surface area contributed by atoms with Crippen molar-refractivity contribution in [1.29, 1.82) is 0 Å². The smallest absolute Gasteiger partial charge is 0.0333 e. The molecule has 1 unspecified atom stereocenters. The van der Waals surface area contributed by atoms with E-state index in [0.29, 0.717) is 10.7 Å². The second kappa shape index (κ2) is 2.72. The van der Waals surface area contributed by atoms with E-state index in [1.807, 2.05) is 21.6 Å². The molecule has 0 aromatic rings. The molecule has 3 heteroatoms. The lowest BCUT2D eigenvalue weighted by atomic mass is 9.91. The SMILES string of the molecule is CC1(C)CSSC1CN. The first-order chi connectivity index (χ1) is 4.17. The first-order valence-corrected chi connectivity index (χ1v) is 5.53. The summed E-state index contributed by atoms with van der Waals surface area (Å²) in [6.45, 7) is 5.40. The summed E-state index contributed by atoms with van der Waals surface area (Å²) in [6.07, 6.45) is 0. The highest BCUT2D eigenvalue weighted by atomic mass is 33.1. The van der Waals surface area contributed by atoms with Crippen LogP contribution in [0, 0.1) is 5.41 Å². The van der Waals surface area contributed by atoms with Crippen LogP contribution in [0.25, 0.3) is 0 Å². The molecule has 1 aliphatic heterocycles. The Balaban J connectivity index is 2.52. The molecule has 1 fully saturated rings. The van der Waals surface area contributed by atoms with E-state index in [2.05, 4.69) is 13.8 Å². The van der Waals surface area contributed by atoms with Gasteiger partial charge in [-0.2, -0.15) is 0 Å². The van der Waals surface area contributed by atoms with E-state index in [0.717, 1.165) is 6.54 Å². The highest BCUT2D eigenvalue weighted by Gasteiger charge is 2.34. The minimum absolute atomic E-state index is 0.462. The van der Waals surface area contributed by atoms with E-state index in [1.54, 1.807) is 0 Å². The predicted molar refractivity (Wildman–Crippen MR) is 46.7 cm³/mol. The predicted octanol–water partition coefficient (Wildman–Crippen LogP) is 1.73. The van der Waals surface area contributed by atoms with Crippen LogP contribution in [-0.2, 0) is 0 Å². The van der Waals surface area contributed by atoms with Gasteiger partial charge in [-0.05, 0) is 5.41 Å². The summed E-state index contributed by atoms with van der Waals surface area (Å²) in [7, 11) is 3.89. The van der Waals surface area contributed by atoms with Crippen LogP contribution in [-0.4, -0.2) is 17.5 Å². The fourth-order valence-electron chi connectivity index (χ4n) is 0.850. The summed E-state index contributed by atoms with van der Waals surface area (Å²) in [6, 6.07) is 0. The zero-order valence-electron chi connectivity index (χ0n) is 5.89. The molecule has 1 saturated heterocycles. The molecule has 0 amide bonds. The molecular formula is C6H13NS2. The minimum atomic E-state index is 0.462. The van der Waals surface area contributed by atoms with Crippen LogP contribution in [0.5, 0.6) is 0 Å². The summed E-state index contributed by atoms with van der Waals surface area (Å²) in [4.78, 5) is 0. The molecule has 1 rings (SSSR count). The van der Waals surface area contributed by atoms with Crippen molar-refractivity contribution in [2.75, 3.05) is 12.3 Å². The molecule has 54 valence electrons. The van der Waals surface area contributed by atoms with Crippen molar-refractivity contribution in [3.05, 3.63) is 0 Å². The van der Waals surface area contributed by atoms with Crippen molar-refractivity contribution in [3.63, 3.8) is 0 Å². The molecule has 1 aliphatic rings. The Morgan fingerprint density at radius 1 is 1.67 bits per heavy atom. The van der Waals surface area contributed by atoms with Gasteiger partial charge in [0, 0.05) is 17.5 Å². The molecule has 0 spiro atoms. The zero-order chi connectivity index (χ0) is 6.91. The van der Waals surface area contributed by atoms with Crippen molar-refractivity contribution < 1.29 is 0 Å². The largest absolute Gasteiger partial charge is 0.329 e. The summed E-state index contributed by atoms with van der Waals surface area (Å²) in [5.41, 5.74) is 6.04. The minimum Gasteiger partial charge on any atom is -0.329 e. The summed E-state index contributed by atoms with van der Waals surface area (Å²) in [5.74, 6) is 1.25. The van der Waals surface area contributed by atoms with Gasteiger partial charge in [-0.1, -0.05) is 35.4 Å². The van der Waals surface area contributed by atoms with Crippen molar-refractivity contribution in [1.82, 2.24) is 0 Å². The first-order valence-electron chi connectivity index (χ1n) is 3.15. The van der Waals surface area contributed by atoms with Gasteiger partial charge >= 0.3 is 0 Å². The van der Waals surface area contributed by atoms with Crippen LogP contribution in [0.4, 0.5) is 0 Å². The van der Waals surface area contributed by atoms with Crippen molar-refractivity contribution in [2.24, 2.45) is 11.1 Å². The van der Waals surface area contributed by atoms with Crippen LogP contribution in [0.1, 0.15) is 13.8 Å². The molecular weight excluding hydrogens is 150 g/mol. The number of rotatable bonds is 1. The molecule has 0 aliphatic carbocycles. The fourth-order valence-corrected chi connectivity index (χ4v) is 4.74. The van der Waals surface area contributed by atoms with Crippen LogP contribution < -0.4 is 5.73 Å².